The van der Waals surface area contributed by atoms with Crippen molar-refractivity contribution < 1.29 is 28.5 Å². The maximum atomic E-state index is 12.3. The Labute approximate surface area is 146 Å². The van der Waals surface area contributed by atoms with Crippen LogP contribution < -0.4 is 4.74 Å². The van der Waals surface area contributed by atoms with Crippen molar-refractivity contribution >= 4 is 0 Å². The van der Waals surface area contributed by atoms with Crippen LogP contribution in [-0.2, 0) is 11.3 Å². The minimum atomic E-state index is -2.83. The first-order chi connectivity index (χ1) is 11.8. The predicted octanol–water partition coefficient (Wildman–Crippen LogP) is 2.15. The molecule has 140 valence electrons. The lowest BCUT2D eigenvalue weighted by Crippen LogP contribution is -2.64. The number of alkyl halides is 2. The maximum absolute atomic E-state index is 12.3. The number of likely N-dealkylation sites (tertiary alicyclic amines) is 1. The van der Waals surface area contributed by atoms with Crippen LogP contribution in [0.2, 0.25) is 0 Å². The molecule has 1 aromatic rings. The van der Waals surface area contributed by atoms with Gasteiger partial charge in [0.2, 0.25) is 0 Å². The summed E-state index contributed by atoms with van der Waals surface area (Å²) in [5.74, 6) is 0.156. The first-order valence-corrected chi connectivity index (χ1v) is 8.61. The second-order valence-corrected chi connectivity index (χ2v) is 7.23. The summed E-state index contributed by atoms with van der Waals surface area (Å²) < 4.78 is 35.0. The molecular formula is C18H25F2NO4. The van der Waals surface area contributed by atoms with Crippen molar-refractivity contribution in [3.05, 3.63) is 29.8 Å². The Morgan fingerprint density at radius 3 is 2.72 bits per heavy atom. The predicted molar refractivity (Wildman–Crippen MR) is 87.5 cm³/mol. The summed E-state index contributed by atoms with van der Waals surface area (Å²) in [5, 5.41) is 20.9. The number of piperidine rings is 1. The molecule has 0 aliphatic carbocycles. The zero-order valence-corrected chi connectivity index (χ0v) is 14.3. The fourth-order valence-electron chi connectivity index (χ4n) is 3.83. The minimum absolute atomic E-state index is 0.156. The van der Waals surface area contributed by atoms with E-state index in [2.05, 4.69) is 9.64 Å². The second kappa shape index (κ2) is 7.15. The Hall–Kier alpha value is -1.28. The molecule has 0 radical (unpaired) electrons. The largest absolute Gasteiger partial charge is 0.435 e. The van der Waals surface area contributed by atoms with E-state index in [9.17, 15) is 19.0 Å². The first-order valence-electron chi connectivity index (χ1n) is 8.61. The molecule has 2 aliphatic heterocycles. The number of hydrogen-bond acceptors (Lipinski definition) is 5. The Kier molecular flexibility index (Phi) is 5.29. The SMILES string of the molecule is C[C@@]1(O)CCOC2(CCN(Cc3cccc(OC(F)F)c3)CC2)[C@H]1O. The van der Waals surface area contributed by atoms with Gasteiger partial charge in [0, 0.05) is 26.1 Å². The summed E-state index contributed by atoms with van der Waals surface area (Å²) in [6, 6.07) is 6.70. The van der Waals surface area contributed by atoms with E-state index in [-0.39, 0.29) is 5.75 Å². The van der Waals surface area contributed by atoms with E-state index in [1.54, 1.807) is 19.1 Å². The fraction of sp³-hybridized carbons (Fsp3) is 0.667. The molecular weight excluding hydrogens is 332 g/mol. The fourth-order valence-corrected chi connectivity index (χ4v) is 3.83. The average Bonchev–Trinajstić information content (AvgIpc) is 2.54. The van der Waals surface area contributed by atoms with Gasteiger partial charge in [-0.3, -0.25) is 4.90 Å². The second-order valence-electron chi connectivity index (χ2n) is 7.23. The van der Waals surface area contributed by atoms with E-state index < -0.39 is 23.9 Å². The Morgan fingerprint density at radius 2 is 2.04 bits per heavy atom. The van der Waals surface area contributed by atoms with Crippen molar-refractivity contribution in [3.8, 4) is 5.75 Å². The maximum Gasteiger partial charge on any atom is 0.387 e. The molecule has 1 aromatic carbocycles. The van der Waals surface area contributed by atoms with Gasteiger partial charge < -0.3 is 19.7 Å². The zero-order chi connectivity index (χ0) is 18.1. The quantitative estimate of drug-likeness (QED) is 0.865. The van der Waals surface area contributed by atoms with Gasteiger partial charge in [0.1, 0.15) is 11.9 Å². The highest BCUT2D eigenvalue weighted by Crippen LogP contribution is 2.40. The van der Waals surface area contributed by atoms with Crippen LogP contribution in [-0.4, -0.2) is 58.7 Å². The van der Waals surface area contributed by atoms with Crippen LogP contribution in [0.15, 0.2) is 24.3 Å². The molecule has 7 heteroatoms. The summed E-state index contributed by atoms with van der Waals surface area (Å²) in [7, 11) is 0. The van der Waals surface area contributed by atoms with Crippen molar-refractivity contribution in [2.45, 2.75) is 56.6 Å². The molecule has 2 aliphatic rings. The van der Waals surface area contributed by atoms with Crippen molar-refractivity contribution in [1.29, 1.82) is 0 Å². The number of halogens is 2. The number of hydrogen-bond donors (Lipinski definition) is 2. The van der Waals surface area contributed by atoms with Gasteiger partial charge in [-0.1, -0.05) is 12.1 Å². The van der Waals surface area contributed by atoms with Gasteiger partial charge >= 0.3 is 6.61 Å². The third-order valence-corrected chi connectivity index (χ3v) is 5.32. The number of benzene rings is 1. The minimum Gasteiger partial charge on any atom is -0.435 e. The normalized spacial score (nSPS) is 29.9. The van der Waals surface area contributed by atoms with Gasteiger partial charge in [0.05, 0.1) is 17.8 Å². The number of aliphatic hydroxyl groups is 2. The lowest BCUT2D eigenvalue weighted by Gasteiger charge is -2.51. The number of ether oxygens (including phenoxy) is 2. The Balaban J connectivity index is 1.60. The van der Waals surface area contributed by atoms with Gasteiger partial charge in [-0.15, -0.1) is 0 Å². The number of nitrogens with zero attached hydrogens (tertiary/aromatic N) is 1. The molecule has 0 saturated carbocycles. The van der Waals surface area contributed by atoms with Gasteiger partial charge in [-0.25, -0.2) is 0 Å². The molecule has 3 rings (SSSR count). The number of rotatable bonds is 4. The van der Waals surface area contributed by atoms with Crippen molar-refractivity contribution in [1.82, 2.24) is 4.90 Å². The Bertz CT molecular complexity index is 588. The third-order valence-electron chi connectivity index (χ3n) is 5.32. The average molecular weight is 357 g/mol. The summed E-state index contributed by atoms with van der Waals surface area (Å²) >= 11 is 0. The van der Waals surface area contributed by atoms with E-state index in [0.29, 0.717) is 45.5 Å². The van der Waals surface area contributed by atoms with Gasteiger partial charge in [0.25, 0.3) is 0 Å². The smallest absolute Gasteiger partial charge is 0.387 e. The van der Waals surface area contributed by atoms with E-state index in [1.807, 2.05) is 6.07 Å². The topological polar surface area (TPSA) is 62.2 Å². The third kappa shape index (κ3) is 4.11. The molecule has 2 fully saturated rings. The molecule has 2 saturated heterocycles. The van der Waals surface area contributed by atoms with Crippen LogP contribution in [0, 0.1) is 0 Å². The molecule has 2 heterocycles. The lowest BCUT2D eigenvalue weighted by molar-refractivity contribution is -0.246. The van der Waals surface area contributed by atoms with Crippen molar-refractivity contribution in [3.63, 3.8) is 0 Å². The summed E-state index contributed by atoms with van der Waals surface area (Å²) in [6.07, 6.45) is 0.768. The molecule has 0 bridgehead atoms. The van der Waals surface area contributed by atoms with Crippen molar-refractivity contribution in [2.75, 3.05) is 19.7 Å². The van der Waals surface area contributed by atoms with Crippen molar-refractivity contribution in [2.24, 2.45) is 0 Å². The zero-order valence-electron chi connectivity index (χ0n) is 14.3. The number of aliphatic hydroxyl groups excluding tert-OH is 1. The van der Waals surface area contributed by atoms with Crippen LogP contribution in [0.5, 0.6) is 5.75 Å². The molecule has 2 N–H and O–H groups in total. The van der Waals surface area contributed by atoms with E-state index >= 15 is 0 Å². The highest BCUT2D eigenvalue weighted by Gasteiger charge is 2.52. The highest BCUT2D eigenvalue weighted by atomic mass is 19.3. The molecule has 2 atom stereocenters. The van der Waals surface area contributed by atoms with Crippen LogP contribution in [0.1, 0.15) is 31.7 Å². The summed E-state index contributed by atoms with van der Waals surface area (Å²) in [4.78, 5) is 2.19. The molecule has 0 unspecified atom stereocenters. The summed E-state index contributed by atoms with van der Waals surface area (Å²) in [5.41, 5.74) is -0.925. The van der Waals surface area contributed by atoms with Crippen LogP contribution in [0.3, 0.4) is 0 Å². The van der Waals surface area contributed by atoms with Crippen LogP contribution in [0.25, 0.3) is 0 Å². The highest BCUT2D eigenvalue weighted by molar-refractivity contribution is 5.28. The molecule has 5 nitrogen and oxygen atoms in total. The van der Waals surface area contributed by atoms with Gasteiger partial charge in [-0.2, -0.15) is 8.78 Å². The van der Waals surface area contributed by atoms with E-state index in [4.69, 9.17) is 4.74 Å². The van der Waals surface area contributed by atoms with Gasteiger partial charge in [-0.05, 0) is 37.5 Å². The van der Waals surface area contributed by atoms with Gasteiger partial charge in [0.15, 0.2) is 0 Å². The van der Waals surface area contributed by atoms with E-state index in [0.717, 1.165) is 5.56 Å². The lowest BCUT2D eigenvalue weighted by atomic mass is 9.75. The standard InChI is InChI=1S/C18H25F2NO4/c1-17(23)7-10-24-18(15(17)22)5-8-21(9-6-18)12-13-3-2-4-14(11-13)25-16(19)20/h2-4,11,15-16,22-23H,5-10,12H2,1H3/t15-,17+/m0/s1. The van der Waals surface area contributed by atoms with Crippen LogP contribution >= 0.6 is 0 Å². The summed E-state index contributed by atoms with van der Waals surface area (Å²) in [6.45, 7) is 1.28. The first kappa shape index (κ1) is 18.5. The Morgan fingerprint density at radius 1 is 1.32 bits per heavy atom. The molecule has 0 amide bonds. The monoisotopic (exact) mass is 357 g/mol. The molecule has 0 aromatic heterocycles. The van der Waals surface area contributed by atoms with Crippen LogP contribution in [0.4, 0.5) is 8.78 Å². The molecule has 1 spiro atoms. The van der Waals surface area contributed by atoms with E-state index in [1.165, 1.54) is 6.07 Å². The molecule has 25 heavy (non-hydrogen) atoms.